The molecule has 4 heteroatoms. The first-order valence-corrected chi connectivity index (χ1v) is 6.02. The van der Waals surface area contributed by atoms with Gasteiger partial charge in [0, 0.05) is 11.4 Å². The van der Waals surface area contributed by atoms with Gasteiger partial charge in [-0.05, 0) is 31.9 Å². The van der Waals surface area contributed by atoms with Crippen molar-refractivity contribution in [2.75, 3.05) is 13.2 Å². The maximum Gasteiger partial charge on any atom is 0.264 e. The van der Waals surface area contributed by atoms with Gasteiger partial charge in [0.25, 0.3) is 5.91 Å². The van der Waals surface area contributed by atoms with Crippen LogP contribution < -0.4 is 0 Å². The van der Waals surface area contributed by atoms with E-state index in [0.717, 1.165) is 29.1 Å². The Morgan fingerprint density at radius 2 is 2.47 bits per heavy atom. The van der Waals surface area contributed by atoms with Crippen LogP contribution in [0.4, 0.5) is 0 Å². The molecule has 82 valence electrons. The minimum absolute atomic E-state index is 0.0277. The number of carbonyl (C=O) groups excluding carboxylic acids is 1. The average molecular weight is 225 g/mol. The van der Waals surface area contributed by atoms with E-state index in [1.165, 1.54) is 11.3 Å². The number of likely N-dealkylation sites (tertiary alicyclic amines) is 1. The van der Waals surface area contributed by atoms with Gasteiger partial charge in [0.1, 0.15) is 0 Å². The van der Waals surface area contributed by atoms with Crippen LogP contribution >= 0.6 is 11.3 Å². The normalized spacial score (nSPS) is 20.9. The molecule has 0 bridgehead atoms. The largest absolute Gasteiger partial charge is 0.394 e. The fraction of sp³-hybridized carbons (Fsp3) is 0.545. The first-order chi connectivity index (χ1) is 7.22. The number of carbonyl (C=O) groups is 1. The third-order valence-corrected chi connectivity index (χ3v) is 3.79. The minimum atomic E-state index is 0.0277. The molecule has 1 aromatic heterocycles. The molecule has 1 N–H and O–H groups in total. The van der Waals surface area contributed by atoms with Gasteiger partial charge in [0.2, 0.25) is 0 Å². The molecule has 1 amide bonds. The number of nitrogens with zero attached hydrogens (tertiary/aromatic N) is 1. The maximum absolute atomic E-state index is 12.1. The lowest BCUT2D eigenvalue weighted by Gasteiger charge is -2.22. The van der Waals surface area contributed by atoms with Crippen molar-refractivity contribution >= 4 is 17.2 Å². The van der Waals surface area contributed by atoms with Crippen molar-refractivity contribution in [2.45, 2.75) is 25.8 Å². The minimum Gasteiger partial charge on any atom is -0.394 e. The fourth-order valence-corrected chi connectivity index (χ4v) is 2.81. The summed E-state index contributed by atoms with van der Waals surface area (Å²) < 4.78 is 0. The Morgan fingerprint density at radius 1 is 1.67 bits per heavy atom. The quantitative estimate of drug-likeness (QED) is 0.831. The van der Waals surface area contributed by atoms with E-state index in [0.29, 0.717) is 0 Å². The number of aliphatic hydroxyl groups excluding tert-OH is 1. The molecule has 0 radical (unpaired) electrons. The summed E-state index contributed by atoms with van der Waals surface area (Å²) in [7, 11) is 0. The lowest BCUT2D eigenvalue weighted by atomic mass is 10.2. The van der Waals surface area contributed by atoms with Crippen LogP contribution in [-0.2, 0) is 0 Å². The van der Waals surface area contributed by atoms with E-state index in [9.17, 15) is 4.79 Å². The summed E-state index contributed by atoms with van der Waals surface area (Å²) in [6.45, 7) is 2.85. The molecule has 1 aliphatic heterocycles. The van der Waals surface area contributed by atoms with Gasteiger partial charge in [0.15, 0.2) is 0 Å². The zero-order chi connectivity index (χ0) is 10.8. The van der Waals surface area contributed by atoms with Crippen molar-refractivity contribution in [2.24, 2.45) is 0 Å². The van der Waals surface area contributed by atoms with E-state index >= 15 is 0 Å². The monoisotopic (exact) mass is 225 g/mol. The molecule has 0 spiro atoms. The van der Waals surface area contributed by atoms with Crippen LogP contribution in [0.15, 0.2) is 12.1 Å². The number of amides is 1. The van der Waals surface area contributed by atoms with Gasteiger partial charge in [-0.1, -0.05) is 0 Å². The van der Waals surface area contributed by atoms with Crippen LogP contribution in [-0.4, -0.2) is 35.1 Å². The van der Waals surface area contributed by atoms with E-state index in [1.807, 2.05) is 19.1 Å². The third kappa shape index (κ3) is 2.06. The van der Waals surface area contributed by atoms with Gasteiger partial charge in [-0.15, -0.1) is 11.3 Å². The van der Waals surface area contributed by atoms with Crippen LogP contribution in [0.5, 0.6) is 0 Å². The van der Waals surface area contributed by atoms with E-state index < -0.39 is 0 Å². The van der Waals surface area contributed by atoms with Gasteiger partial charge in [-0.3, -0.25) is 4.79 Å². The van der Waals surface area contributed by atoms with Crippen molar-refractivity contribution in [1.29, 1.82) is 0 Å². The molecule has 2 heterocycles. The smallest absolute Gasteiger partial charge is 0.264 e. The van der Waals surface area contributed by atoms with Crippen molar-refractivity contribution in [1.82, 2.24) is 4.90 Å². The second-order valence-corrected chi connectivity index (χ2v) is 5.18. The molecule has 0 unspecified atom stereocenters. The van der Waals surface area contributed by atoms with Gasteiger partial charge in [0.05, 0.1) is 17.5 Å². The Kier molecular flexibility index (Phi) is 3.07. The summed E-state index contributed by atoms with van der Waals surface area (Å²) in [5.74, 6) is 0.0738. The summed E-state index contributed by atoms with van der Waals surface area (Å²) in [4.78, 5) is 15.8. The molecule has 0 aromatic carbocycles. The highest BCUT2D eigenvalue weighted by Crippen LogP contribution is 2.23. The van der Waals surface area contributed by atoms with Crippen molar-refractivity contribution in [3.8, 4) is 0 Å². The Labute approximate surface area is 93.3 Å². The summed E-state index contributed by atoms with van der Waals surface area (Å²) >= 11 is 1.52. The molecule has 15 heavy (non-hydrogen) atoms. The highest BCUT2D eigenvalue weighted by Gasteiger charge is 2.29. The number of hydrogen-bond acceptors (Lipinski definition) is 3. The molecule has 2 rings (SSSR count). The fourth-order valence-electron chi connectivity index (χ4n) is 1.98. The van der Waals surface area contributed by atoms with E-state index in [1.54, 1.807) is 4.90 Å². The molecule has 1 saturated heterocycles. The van der Waals surface area contributed by atoms with Gasteiger partial charge < -0.3 is 10.0 Å². The SMILES string of the molecule is Cc1ccc(C(=O)N2CCC[C@H]2CO)s1. The average Bonchev–Trinajstić information content (AvgIpc) is 2.84. The Balaban J connectivity index is 2.13. The Hall–Kier alpha value is -0.870. The molecular formula is C11H15NO2S. The maximum atomic E-state index is 12.1. The predicted octanol–water partition coefficient (Wildman–Crippen LogP) is 1.65. The highest BCUT2D eigenvalue weighted by molar-refractivity contribution is 7.13. The van der Waals surface area contributed by atoms with Gasteiger partial charge >= 0.3 is 0 Å². The van der Waals surface area contributed by atoms with Crippen LogP contribution in [0, 0.1) is 6.92 Å². The summed E-state index contributed by atoms with van der Waals surface area (Å²) in [6.07, 6.45) is 1.92. The summed E-state index contributed by atoms with van der Waals surface area (Å²) in [5, 5.41) is 9.15. The first-order valence-electron chi connectivity index (χ1n) is 5.20. The molecular weight excluding hydrogens is 210 g/mol. The zero-order valence-corrected chi connectivity index (χ0v) is 9.59. The lowest BCUT2D eigenvalue weighted by molar-refractivity contribution is 0.0682. The summed E-state index contributed by atoms with van der Waals surface area (Å²) in [5.41, 5.74) is 0. The first kappa shape index (κ1) is 10.6. The van der Waals surface area contributed by atoms with E-state index in [2.05, 4.69) is 0 Å². The Morgan fingerprint density at radius 3 is 3.07 bits per heavy atom. The van der Waals surface area contributed by atoms with Crippen molar-refractivity contribution in [3.63, 3.8) is 0 Å². The highest BCUT2D eigenvalue weighted by atomic mass is 32.1. The second kappa shape index (κ2) is 4.33. The topological polar surface area (TPSA) is 40.5 Å². The number of hydrogen-bond donors (Lipinski definition) is 1. The van der Waals surface area contributed by atoms with Crippen LogP contribution in [0.2, 0.25) is 0 Å². The molecule has 0 saturated carbocycles. The molecule has 1 atom stereocenters. The molecule has 3 nitrogen and oxygen atoms in total. The number of aryl methyl sites for hydroxylation is 1. The molecule has 1 aromatic rings. The Bertz CT molecular complexity index is 361. The van der Waals surface area contributed by atoms with Gasteiger partial charge in [-0.2, -0.15) is 0 Å². The second-order valence-electron chi connectivity index (χ2n) is 3.89. The molecule has 0 aliphatic carbocycles. The standard InChI is InChI=1S/C11H15NO2S/c1-8-4-5-10(15-8)11(14)12-6-2-3-9(12)7-13/h4-5,9,13H,2-3,6-7H2,1H3/t9-/m0/s1. The number of rotatable bonds is 2. The number of aliphatic hydroxyl groups is 1. The van der Waals surface area contributed by atoms with Gasteiger partial charge in [-0.25, -0.2) is 0 Å². The predicted molar refractivity (Wildman–Crippen MR) is 60.2 cm³/mol. The van der Waals surface area contributed by atoms with Crippen LogP contribution in [0.25, 0.3) is 0 Å². The van der Waals surface area contributed by atoms with E-state index in [4.69, 9.17) is 5.11 Å². The zero-order valence-electron chi connectivity index (χ0n) is 8.77. The van der Waals surface area contributed by atoms with Crippen molar-refractivity contribution in [3.05, 3.63) is 21.9 Å². The molecule has 1 aliphatic rings. The number of thiophene rings is 1. The summed E-state index contributed by atoms with van der Waals surface area (Å²) in [6, 6.07) is 3.86. The van der Waals surface area contributed by atoms with Crippen molar-refractivity contribution < 1.29 is 9.90 Å². The van der Waals surface area contributed by atoms with Crippen LogP contribution in [0.3, 0.4) is 0 Å². The molecule has 1 fully saturated rings. The lowest BCUT2D eigenvalue weighted by Crippen LogP contribution is -2.37. The third-order valence-electron chi connectivity index (χ3n) is 2.80. The van der Waals surface area contributed by atoms with E-state index in [-0.39, 0.29) is 18.6 Å². The van der Waals surface area contributed by atoms with Crippen LogP contribution in [0.1, 0.15) is 27.4 Å².